The van der Waals surface area contributed by atoms with E-state index in [4.69, 9.17) is 9.47 Å². The molecule has 2 fully saturated rings. The van der Waals surface area contributed by atoms with E-state index in [0.717, 1.165) is 26.1 Å². The molecule has 104 valence electrons. The van der Waals surface area contributed by atoms with Crippen molar-refractivity contribution >= 4 is 5.97 Å². The molecule has 0 spiro atoms. The molecule has 2 aliphatic heterocycles. The van der Waals surface area contributed by atoms with Crippen molar-refractivity contribution in [3.8, 4) is 0 Å². The maximum absolute atomic E-state index is 11.8. The van der Waals surface area contributed by atoms with Crippen LogP contribution in [0, 0.1) is 0 Å². The fourth-order valence-corrected chi connectivity index (χ4v) is 2.79. The molecule has 2 aliphatic rings. The van der Waals surface area contributed by atoms with E-state index in [1.165, 1.54) is 0 Å². The summed E-state index contributed by atoms with van der Waals surface area (Å²) < 4.78 is 12.8. The number of carbonyl (C=O) groups excluding carboxylic acids is 1. The molecule has 0 aromatic carbocycles. The van der Waals surface area contributed by atoms with Crippen LogP contribution in [0.15, 0.2) is 18.5 Å². The lowest BCUT2D eigenvalue weighted by molar-refractivity contribution is -0.147. The summed E-state index contributed by atoms with van der Waals surface area (Å²) in [5, 5.41) is 4.19. The van der Waals surface area contributed by atoms with Gasteiger partial charge in [0.15, 0.2) is 0 Å². The van der Waals surface area contributed by atoms with Crippen LogP contribution in [0.25, 0.3) is 0 Å². The lowest BCUT2D eigenvalue weighted by Gasteiger charge is -2.35. The molecule has 0 saturated carbocycles. The summed E-state index contributed by atoms with van der Waals surface area (Å²) in [5.41, 5.74) is 0. The first-order chi connectivity index (χ1) is 9.22. The fourth-order valence-electron chi connectivity index (χ4n) is 2.79. The number of carbonyl (C=O) groups is 1. The largest absolute Gasteiger partial charge is 0.461 e. The average Bonchev–Trinajstić information content (AvgIpc) is 2.99. The van der Waals surface area contributed by atoms with Gasteiger partial charge in [-0.3, -0.25) is 14.4 Å². The van der Waals surface area contributed by atoms with Crippen molar-refractivity contribution in [2.45, 2.75) is 38.1 Å². The number of morpholine rings is 1. The molecule has 0 radical (unpaired) electrons. The van der Waals surface area contributed by atoms with Crippen LogP contribution >= 0.6 is 0 Å². The van der Waals surface area contributed by atoms with E-state index in [0.29, 0.717) is 6.61 Å². The van der Waals surface area contributed by atoms with Crippen molar-refractivity contribution in [3.05, 3.63) is 18.5 Å². The van der Waals surface area contributed by atoms with Crippen molar-refractivity contribution in [2.75, 3.05) is 19.7 Å². The first-order valence-corrected chi connectivity index (χ1v) is 6.76. The fraction of sp³-hybridized carbons (Fsp3) is 0.692. The number of hydrogen-bond donors (Lipinski definition) is 0. The molecule has 0 aliphatic carbocycles. The van der Waals surface area contributed by atoms with Crippen LogP contribution in [0.2, 0.25) is 0 Å². The van der Waals surface area contributed by atoms with Crippen molar-refractivity contribution in [3.63, 3.8) is 0 Å². The Labute approximate surface area is 112 Å². The summed E-state index contributed by atoms with van der Waals surface area (Å²) in [5.74, 6) is -0.0905. The first-order valence-electron chi connectivity index (χ1n) is 6.76. The summed E-state index contributed by atoms with van der Waals surface area (Å²) >= 11 is 0. The smallest absolute Gasteiger partial charge is 0.323 e. The standard InChI is InChI=1S/C13H19N3O3/c1-10-7-12(13(17)19-10)15-5-6-18-11(8-15)9-16-4-2-3-14-16/h2-4,10-12H,5-9H2,1H3/t10-,11+,12-/m1/s1. The highest BCUT2D eigenvalue weighted by atomic mass is 16.6. The number of cyclic esters (lactones) is 1. The molecule has 19 heavy (non-hydrogen) atoms. The quantitative estimate of drug-likeness (QED) is 0.735. The molecule has 0 amide bonds. The van der Waals surface area contributed by atoms with E-state index < -0.39 is 0 Å². The third-order valence-corrected chi connectivity index (χ3v) is 3.71. The summed E-state index contributed by atoms with van der Waals surface area (Å²) in [6.07, 6.45) is 4.58. The SMILES string of the molecule is C[C@@H]1C[C@@H](N2CCO[C@H](Cn3cccn3)C2)C(=O)O1. The van der Waals surface area contributed by atoms with Crippen LogP contribution in [-0.4, -0.2) is 58.6 Å². The molecule has 6 nitrogen and oxygen atoms in total. The predicted molar refractivity (Wildman–Crippen MR) is 67.5 cm³/mol. The molecule has 3 heterocycles. The van der Waals surface area contributed by atoms with E-state index in [1.807, 2.05) is 23.9 Å². The second-order valence-corrected chi connectivity index (χ2v) is 5.21. The zero-order valence-corrected chi connectivity index (χ0v) is 11.1. The van der Waals surface area contributed by atoms with E-state index in [9.17, 15) is 4.79 Å². The van der Waals surface area contributed by atoms with Gasteiger partial charge in [0.25, 0.3) is 0 Å². The van der Waals surface area contributed by atoms with E-state index in [1.54, 1.807) is 6.20 Å². The first kappa shape index (κ1) is 12.6. The Kier molecular flexibility index (Phi) is 3.52. The third kappa shape index (κ3) is 2.79. The molecule has 1 aromatic rings. The minimum Gasteiger partial charge on any atom is -0.461 e. The minimum atomic E-state index is -0.0981. The van der Waals surface area contributed by atoms with Gasteiger partial charge < -0.3 is 9.47 Å². The second-order valence-electron chi connectivity index (χ2n) is 5.21. The van der Waals surface area contributed by atoms with Gasteiger partial charge in [0.05, 0.1) is 19.3 Å². The maximum Gasteiger partial charge on any atom is 0.323 e. The number of rotatable bonds is 3. The second kappa shape index (κ2) is 5.30. The molecule has 0 N–H and O–H groups in total. The molecule has 3 atom stereocenters. The average molecular weight is 265 g/mol. The molecule has 2 saturated heterocycles. The Morgan fingerprint density at radius 2 is 2.42 bits per heavy atom. The summed E-state index contributed by atoms with van der Waals surface area (Å²) in [4.78, 5) is 14.0. The van der Waals surface area contributed by atoms with Crippen LogP contribution in [-0.2, 0) is 20.8 Å². The maximum atomic E-state index is 11.8. The number of esters is 1. The predicted octanol–water partition coefficient (Wildman–Crippen LogP) is 0.288. The summed E-state index contributed by atoms with van der Waals surface area (Å²) in [6, 6.07) is 1.80. The van der Waals surface area contributed by atoms with Gasteiger partial charge >= 0.3 is 5.97 Å². The highest BCUT2D eigenvalue weighted by Crippen LogP contribution is 2.22. The Bertz CT molecular complexity index is 434. The number of ether oxygens (including phenoxy) is 2. The Morgan fingerprint density at radius 3 is 3.11 bits per heavy atom. The van der Waals surface area contributed by atoms with Crippen molar-refractivity contribution < 1.29 is 14.3 Å². The molecule has 3 rings (SSSR count). The highest BCUT2D eigenvalue weighted by Gasteiger charge is 2.38. The van der Waals surface area contributed by atoms with Gasteiger partial charge in [0.2, 0.25) is 0 Å². The monoisotopic (exact) mass is 265 g/mol. The normalized spacial score (nSPS) is 32.5. The topological polar surface area (TPSA) is 56.6 Å². The molecule has 1 aromatic heterocycles. The third-order valence-electron chi connectivity index (χ3n) is 3.71. The van der Waals surface area contributed by atoms with Gasteiger partial charge in [-0.1, -0.05) is 0 Å². The molecule has 0 unspecified atom stereocenters. The van der Waals surface area contributed by atoms with Gasteiger partial charge in [-0.25, -0.2) is 0 Å². The van der Waals surface area contributed by atoms with Crippen molar-refractivity contribution in [1.29, 1.82) is 0 Å². The molecular formula is C13H19N3O3. The van der Waals surface area contributed by atoms with Gasteiger partial charge in [0, 0.05) is 31.9 Å². The lowest BCUT2D eigenvalue weighted by atomic mass is 10.1. The van der Waals surface area contributed by atoms with Gasteiger partial charge in [0.1, 0.15) is 12.1 Å². The Morgan fingerprint density at radius 1 is 1.53 bits per heavy atom. The Balaban J connectivity index is 1.60. The Hall–Kier alpha value is -1.40. The van der Waals surface area contributed by atoms with Crippen LogP contribution < -0.4 is 0 Å². The number of nitrogens with zero attached hydrogens (tertiary/aromatic N) is 3. The summed E-state index contributed by atoms with van der Waals surface area (Å²) in [6.45, 7) is 4.87. The van der Waals surface area contributed by atoms with Gasteiger partial charge in [-0.2, -0.15) is 5.10 Å². The molecule has 0 bridgehead atoms. The van der Waals surface area contributed by atoms with Crippen molar-refractivity contribution in [1.82, 2.24) is 14.7 Å². The van der Waals surface area contributed by atoms with E-state index in [-0.39, 0.29) is 24.2 Å². The van der Waals surface area contributed by atoms with Gasteiger partial charge in [-0.15, -0.1) is 0 Å². The minimum absolute atomic E-state index is 0.0323. The highest BCUT2D eigenvalue weighted by molar-refractivity contribution is 5.78. The van der Waals surface area contributed by atoms with Crippen LogP contribution in [0.4, 0.5) is 0 Å². The zero-order chi connectivity index (χ0) is 13.2. The zero-order valence-electron chi connectivity index (χ0n) is 11.1. The van der Waals surface area contributed by atoms with Crippen LogP contribution in [0.5, 0.6) is 0 Å². The number of aromatic nitrogens is 2. The van der Waals surface area contributed by atoms with Gasteiger partial charge in [-0.05, 0) is 13.0 Å². The van der Waals surface area contributed by atoms with E-state index in [2.05, 4.69) is 10.00 Å². The molecular weight excluding hydrogens is 246 g/mol. The summed E-state index contributed by atoms with van der Waals surface area (Å²) in [7, 11) is 0. The van der Waals surface area contributed by atoms with Crippen LogP contribution in [0.3, 0.4) is 0 Å². The molecule has 6 heteroatoms. The van der Waals surface area contributed by atoms with Crippen LogP contribution in [0.1, 0.15) is 13.3 Å². The number of hydrogen-bond acceptors (Lipinski definition) is 5. The lowest BCUT2D eigenvalue weighted by Crippen LogP contribution is -2.50. The van der Waals surface area contributed by atoms with E-state index >= 15 is 0 Å². The van der Waals surface area contributed by atoms with Crippen molar-refractivity contribution in [2.24, 2.45) is 0 Å².